The second kappa shape index (κ2) is 5.63. The lowest BCUT2D eigenvalue weighted by Gasteiger charge is -2.06. The summed E-state index contributed by atoms with van der Waals surface area (Å²) in [5.74, 6) is 2.10. The zero-order valence-corrected chi connectivity index (χ0v) is 8.66. The average Bonchev–Trinajstić information content (AvgIpc) is 2.56. The Balaban J connectivity index is 2.10. The van der Waals surface area contributed by atoms with Crippen LogP contribution < -0.4 is 0 Å². The summed E-state index contributed by atoms with van der Waals surface area (Å²) in [5, 5.41) is 0. The minimum Gasteiger partial charge on any atom is -0.299 e. The largest absolute Gasteiger partial charge is 0.299 e. The van der Waals surface area contributed by atoms with Gasteiger partial charge in [-0.25, -0.2) is 0 Å². The van der Waals surface area contributed by atoms with Crippen LogP contribution in [0.1, 0.15) is 38.5 Å². The molecule has 0 aliphatic heterocycles. The van der Waals surface area contributed by atoms with Gasteiger partial charge >= 0.3 is 0 Å². The summed E-state index contributed by atoms with van der Waals surface area (Å²) >= 11 is 1.83. The summed E-state index contributed by atoms with van der Waals surface area (Å²) in [4.78, 5) is 11.5. The van der Waals surface area contributed by atoms with Crippen LogP contribution in [-0.2, 0) is 4.79 Å². The smallest absolute Gasteiger partial charge is 0.136 e. The maximum absolute atomic E-state index is 11.5. The minimum atomic E-state index is 0.437. The number of hydrogen-bond acceptors (Lipinski definition) is 2. The predicted octanol–water partition coefficient (Wildman–Crippen LogP) is 2.89. The van der Waals surface area contributed by atoms with E-state index in [0.29, 0.717) is 11.7 Å². The summed E-state index contributed by atoms with van der Waals surface area (Å²) < 4.78 is 0. The molecule has 0 radical (unpaired) electrons. The van der Waals surface area contributed by atoms with E-state index in [1.165, 1.54) is 12.8 Å². The van der Waals surface area contributed by atoms with Gasteiger partial charge in [0.25, 0.3) is 0 Å². The van der Waals surface area contributed by atoms with Crippen molar-refractivity contribution in [1.82, 2.24) is 0 Å². The number of ketones is 1. The van der Waals surface area contributed by atoms with Crippen LogP contribution >= 0.6 is 11.8 Å². The maximum Gasteiger partial charge on any atom is 0.136 e. The third-order valence-corrected chi connectivity index (χ3v) is 3.28. The number of carbonyl (C=O) groups is 1. The zero-order valence-electron chi connectivity index (χ0n) is 7.84. The Labute approximate surface area is 79.3 Å². The summed E-state index contributed by atoms with van der Waals surface area (Å²) in [6, 6.07) is 0. The van der Waals surface area contributed by atoms with Crippen LogP contribution in [0, 0.1) is 5.92 Å². The van der Waals surface area contributed by atoms with E-state index < -0.39 is 0 Å². The topological polar surface area (TPSA) is 17.1 Å². The maximum atomic E-state index is 11.5. The van der Waals surface area contributed by atoms with Crippen LogP contribution in [0.4, 0.5) is 0 Å². The minimum absolute atomic E-state index is 0.437. The third-order valence-electron chi connectivity index (χ3n) is 2.58. The second-order valence-electron chi connectivity index (χ2n) is 3.54. The standard InChI is InChI=1S/C10H18OS/c1-12-8-4-7-10(11)9-5-2-3-6-9/h9H,2-8H2,1H3. The SMILES string of the molecule is CSCCCC(=O)C1CCCC1. The van der Waals surface area contributed by atoms with E-state index in [1.807, 2.05) is 11.8 Å². The van der Waals surface area contributed by atoms with Gasteiger partial charge in [-0.05, 0) is 31.3 Å². The van der Waals surface area contributed by atoms with Gasteiger partial charge in [0.1, 0.15) is 5.78 Å². The quantitative estimate of drug-likeness (QED) is 0.614. The van der Waals surface area contributed by atoms with Gasteiger partial charge in [0, 0.05) is 12.3 Å². The molecule has 2 heteroatoms. The molecule has 0 aromatic rings. The summed E-state index contributed by atoms with van der Waals surface area (Å²) in [6.07, 6.45) is 8.89. The molecule has 0 atom stereocenters. The van der Waals surface area contributed by atoms with Crippen LogP contribution in [0.5, 0.6) is 0 Å². The van der Waals surface area contributed by atoms with E-state index in [1.54, 1.807) is 0 Å². The molecule has 0 heterocycles. The van der Waals surface area contributed by atoms with Crippen molar-refractivity contribution in [2.24, 2.45) is 5.92 Å². The molecule has 0 saturated heterocycles. The Hall–Kier alpha value is 0.0200. The van der Waals surface area contributed by atoms with E-state index >= 15 is 0 Å². The highest BCUT2D eigenvalue weighted by atomic mass is 32.2. The molecule has 1 saturated carbocycles. The van der Waals surface area contributed by atoms with Crippen molar-refractivity contribution >= 4 is 17.5 Å². The van der Waals surface area contributed by atoms with Gasteiger partial charge in [0.05, 0.1) is 0 Å². The number of hydrogen-bond donors (Lipinski definition) is 0. The summed E-state index contributed by atoms with van der Waals surface area (Å²) in [5.41, 5.74) is 0. The molecule has 1 aliphatic carbocycles. The van der Waals surface area contributed by atoms with Crippen LogP contribution in [0.3, 0.4) is 0 Å². The number of rotatable bonds is 5. The average molecular weight is 186 g/mol. The van der Waals surface area contributed by atoms with Gasteiger partial charge in [0.2, 0.25) is 0 Å². The molecule has 1 rings (SSSR count). The molecule has 12 heavy (non-hydrogen) atoms. The molecule has 0 spiro atoms. The van der Waals surface area contributed by atoms with Crippen molar-refractivity contribution < 1.29 is 4.79 Å². The third kappa shape index (κ3) is 3.18. The first-order valence-corrected chi connectivity index (χ1v) is 6.25. The fourth-order valence-corrected chi connectivity index (χ4v) is 2.28. The molecule has 0 aromatic carbocycles. The molecule has 1 aliphatic rings. The van der Waals surface area contributed by atoms with Crippen LogP contribution in [0.2, 0.25) is 0 Å². The lowest BCUT2D eigenvalue weighted by Crippen LogP contribution is -2.10. The van der Waals surface area contributed by atoms with Crippen LogP contribution in [0.15, 0.2) is 0 Å². The molecule has 0 unspecified atom stereocenters. The van der Waals surface area contributed by atoms with E-state index in [4.69, 9.17) is 0 Å². The normalized spacial score (nSPS) is 18.4. The molecular formula is C10H18OS. The van der Waals surface area contributed by atoms with E-state index in [9.17, 15) is 4.79 Å². The molecule has 0 N–H and O–H groups in total. The first-order chi connectivity index (χ1) is 5.84. The van der Waals surface area contributed by atoms with E-state index in [0.717, 1.165) is 31.4 Å². The van der Waals surface area contributed by atoms with Crippen molar-refractivity contribution in [3.63, 3.8) is 0 Å². The van der Waals surface area contributed by atoms with Crippen molar-refractivity contribution in [2.45, 2.75) is 38.5 Å². The molecule has 0 bridgehead atoms. The van der Waals surface area contributed by atoms with Crippen molar-refractivity contribution in [2.75, 3.05) is 12.0 Å². The highest BCUT2D eigenvalue weighted by Gasteiger charge is 2.21. The Kier molecular flexibility index (Phi) is 4.74. The lowest BCUT2D eigenvalue weighted by atomic mass is 9.99. The highest BCUT2D eigenvalue weighted by molar-refractivity contribution is 7.98. The molecule has 0 amide bonds. The van der Waals surface area contributed by atoms with Gasteiger partial charge in [-0.1, -0.05) is 12.8 Å². The van der Waals surface area contributed by atoms with Crippen LogP contribution in [-0.4, -0.2) is 17.8 Å². The molecular weight excluding hydrogens is 168 g/mol. The van der Waals surface area contributed by atoms with Crippen molar-refractivity contribution in [3.05, 3.63) is 0 Å². The Morgan fingerprint density at radius 3 is 2.67 bits per heavy atom. The van der Waals surface area contributed by atoms with Gasteiger partial charge < -0.3 is 0 Å². The van der Waals surface area contributed by atoms with Gasteiger partial charge in [-0.3, -0.25) is 4.79 Å². The molecule has 1 fully saturated rings. The second-order valence-corrected chi connectivity index (χ2v) is 4.53. The van der Waals surface area contributed by atoms with Gasteiger partial charge in [-0.2, -0.15) is 11.8 Å². The van der Waals surface area contributed by atoms with Crippen LogP contribution in [0.25, 0.3) is 0 Å². The highest BCUT2D eigenvalue weighted by Crippen LogP contribution is 2.26. The number of carbonyl (C=O) groups excluding carboxylic acids is 1. The zero-order chi connectivity index (χ0) is 8.81. The van der Waals surface area contributed by atoms with Crippen molar-refractivity contribution in [1.29, 1.82) is 0 Å². The van der Waals surface area contributed by atoms with E-state index in [-0.39, 0.29) is 0 Å². The van der Waals surface area contributed by atoms with E-state index in [2.05, 4.69) is 6.26 Å². The Morgan fingerprint density at radius 2 is 2.08 bits per heavy atom. The van der Waals surface area contributed by atoms with Gasteiger partial charge in [-0.15, -0.1) is 0 Å². The molecule has 0 aromatic heterocycles. The first kappa shape index (κ1) is 10.1. The summed E-state index contributed by atoms with van der Waals surface area (Å²) in [7, 11) is 0. The number of thioether (sulfide) groups is 1. The lowest BCUT2D eigenvalue weighted by molar-refractivity contribution is -0.122. The molecule has 1 nitrogen and oxygen atoms in total. The molecule has 70 valence electrons. The summed E-state index contributed by atoms with van der Waals surface area (Å²) in [6.45, 7) is 0. The number of Topliss-reactive ketones (excluding diaryl/α,β-unsaturated/α-hetero) is 1. The monoisotopic (exact) mass is 186 g/mol. The predicted molar refractivity (Wildman–Crippen MR) is 54.6 cm³/mol. The van der Waals surface area contributed by atoms with Gasteiger partial charge in [0.15, 0.2) is 0 Å². The Bertz CT molecular complexity index is 139. The fourth-order valence-electron chi connectivity index (χ4n) is 1.84. The first-order valence-electron chi connectivity index (χ1n) is 4.86. The fraction of sp³-hybridized carbons (Fsp3) is 0.900. The Morgan fingerprint density at radius 1 is 1.42 bits per heavy atom. The van der Waals surface area contributed by atoms with Crippen molar-refractivity contribution in [3.8, 4) is 0 Å².